The number of rotatable bonds is 60. The van der Waals surface area contributed by atoms with Gasteiger partial charge in [-0.1, -0.05) is 296 Å². The molecule has 0 aromatic carbocycles. The predicted molar refractivity (Wildman–Crippen MR) is 348 cm³/mol. The third-order valence-electron chi connectivity index (χ3n) is 14.2. The zero-order valence-electron chi connectivity index (χ0n) is 52.3. The van der Waals surface area contributed by atoms with Crippen molar-refractivity contribution in [2.45, 2.75) is 316 Å². The van der Waals surface area contributed by atoms with Gasteiger partial charge < -0.3 is 14.2 Å². The van der Waals surface area contributed by atoms with E-state index in [2.05, 4.69) is 142 Å². The van der Waals surface area contributed by atoms with Gasteiger partial charge in [-0.05, 0) is 116 Å². The minimum atomic E-state index is -0.786. The average molecular weight is 1110 g/mol. The number of carbonyl (C=O) groups excluding carboxylic acids is 3. The van der Waals surface area contributed by atoms with Crippen molar-refractivity contribution in [3.8, 4) is 0 Å². The lowest BCUT2D eigenvalue weighted by Gasteiger charge is -2.18. The van der Waals surface area contributed by atoms with Crippen LogP contribution in [0, 0.1) is 0 Å². The summed E-state index contributed by atoms with van der Waals surface area (Å²) in [5.74, 6) is -0.895. The maximum atomic E-state index is 12.9. The van der Waals surface area contributed by atoms with Crippen LogP contribution in [-0.2, 0) is 28.6 Å². The van der Waals surface area contributed by atoms with E-state index in [1.54, 1.807) is 0 Å². The molecule has 0 aromatic rings. The monoisotopic (exact) mass is 1110 g/mol. The van der Waals surface area contributed by atoms with Crippen molar-refractivity contribution in [3.63, 3.8) is 0 Å². The van der Waals surface area contributed by atoms with Crippen molar-refractivity contribution in [2.24, 2.45) is 0 Å². The topological polar surface area (TPSA) is 78.9 Å². The second-order valence-electron chi connectivity index (χ2n) is 22.0. The van der Waals surface area contributed by atoms with Gasteiger partial charge in [0.05, 0.1) is 0 Å². The van der Waals surface area contributed by atoms with Crippen molar-refractivity contribution in [1.29, 1.82) is 0 Å². The van der Waals surface area contributed by atoms with Crippen LogP contribution in [0.4, 0.5) is 0 Å². The first-order chi connectivity index (χ1) is 39.5. The molecule has 1 unspecified atom stereocenters. The van der Waals surface area contributed by atoms with E-state index in [9.17, 15) is 14.4 Å². The molecule has 0 aromatic heterocycles. The first-order valence-electron chi connectivity index (χ1n) is 33.5. The number of esters is 3. The van der Waals surface area contributed by atoms with Crippen LogP contribution < -0.4 is 0 Å². The molecule has 0 rings (SSSR count). The highest BCUT2D eigenvalue weighted by molar-refractivity contribution is 5.71. The van der Waals surface area contributed by atoms with Crippen LogP contribution in [-0.4, -0.2) is 37.2 Å². The summed E-state index contributed by atoms with van der Waals surface area (Å²) in [6, 6.07) is 0. The van der Waals surface area contributed by atoms with Crippen LogP contribution in [0.25, 0.3) is 0 Å². The van der Waals surface area contributed by atoms with Crippen molar-refractivity contribution >= 4 is 17.9 Å². The van der Waals surface area contributed by atoms with Crippen molar-refractivity contribution in [2.75, 3.05) is 13.2 Å². The Morgan fingerprint density at radius 1 is 0.263 bits per heavy atom. The first-order valence-corrected chi connectivity index (χ1v) is 33.5. The van der Waals surface area contributed by atoms with Gasteiger partial charge in [-0.15, -0.1) is 0 Å². The fourth-order valence-corrected chi connectivity index (χ4v) is 9.20. The number of hydrogen-bond donors (Lipinski definition) is 0. The molecule has 6 nitrogen and oxygen atoms in total. The van der Waals surface area contributed by atoms with Gasteiger partial charge >= 0.3 is 17.9 Å². The van der Waals surface area contributed by atoms with E-state index in [4.69, 9.17) is 14.2 Å². The Bertz CT molecular complexity index is 1650. The lowest BCUT2D eigenvalue weighted by molar-refractivity contribution is -0.167. The van der Waals surface area contributed by atoms with Crippen molar-refractivity contribution < 1.29 is 28.6 Å². The fraction of sp³-hybridized carbons (Fsp3) is 0.689. The van der Waals surface area contributed by atoms with Crippen LogP contribution in [0.5, 0.6) is 0 Å². The molecule has 1 atom stereocenters. The first kappa shape index (κ1) is 75.8. The minimum Gasteiger partial charge on any atom is -0.462 e. The summed E-state index contributed by atoms with van der Waals surface area (Å²) in [5, 5.41) is 0. The summed E-state index contributed by atoms with van der Waals surface area (Å²) in [6.07, 6.45) is 93.7. The van der Waals surface area contributed by atoms with Crippen LogP contribution in [0.1, 0.15) is 310 Å². The highest BCUT2D eigenvalue weighted by Crippen LogP contribution is 2.16. The summed E-state index contributed by atoms with van der Waals surface area (Å²) in [5.41, 5.74) is 0. The molecule has 0 aliphatic carbocycles. The van der Waals surface area contributed by atoms with Gasteiger partial charge in [-0.3, -0.25) is 14.4 Å². The Morgan fingerprint density at radius 3 is 0.762 bits per heavy atom. The SMILES string of the molecule is CC/C=C\C/C=C\C/C=C\C/C=C\C/C=C\C/C=C\C/C=C\CCCCCCCCCCCC(=O)OCC(COC(=O)CCCCCCCCCC)OC(=O)CCCCCCCCCC/C=C\C/C=C\C/C=C\CCCCCCC. The Kier molecular flexibility index (Phi) is 63.8. The average Bonchev–Trinajstić information content (AvgIpc) is 3.46. The smallest absolute Gasteiger partial charge is 0.306 e. The van der Waals surface area contributed by atoms with Gasteiger partial charge in [-0.2, -0.15) is 0 Å². The van der Waals surface area contributed by atoms with Gasteiger partial charge in [0.15, 0.2) is 6.10 Å². The Morgan fingerprint density at radius 2 is 0.487 bits per heavy atom. The molecular formula is C74H124O6. The van der Waals surface area contributed by atoms with Crippen LogP contribution in [0.3, 0.4) is 0 Å². The molecule has 6 heteroatoms. The Balaban J connectivity index is 4.20. The molecule has 0 saturated heterocycles. The molecular weight excluding hydrogens is 985 g/mol. The van der Waals surface area contributed by atoms with E-state index < -0.39 is 6.10 Å². The maximum Gasteiger partial charge on any atom is 0.306 e. The molecule has 0 saturated carbocycles. The normalized spacial score (nSPS) is 12.9. The quantitative estimate of drug-likeness (QED) is 0.0261. The summed E-state index contributed by atoms with van der Waals surface area (Å²) in [4.78, 5) is 38.2. The highest BCUT2D eigenvalue weighted by atomic mass is 16.6. The second kappa shape index (κ2) is 67.3. The van der Waals surface area contributed by atoms with Crippen LogP contribution in [0.2, 0.25) is 0 Å². The number of hydrogen-bond acceptors (Lipinski definition) is 6. The zero-order chi connectivity index (χ0) is 57.8. The number of carbonyl (C=O) groups is 3. The van der Waals surface area contributed by atoms with Gasteiger partial charge in [0.1, 0.15) is 13.2 Å². The molecule has 456 valence electrons. The molecule has 0 radical (unpaired) electrons. The van der Waals surface area contributed by atoms with E-state index in [0.717, 1.165) is 128 Å². The molecule has 0 N–H and O–H groups in total. The maximum absolute atomic E-state index is 12.9. The minimum absolute atomic E-state index is 0.0826. The molecule has 0 aliphatic heterocycles. The molecule has 0 aliphatic rings. The van der Waals surface area contributed by atoms with E-state index in [0.29, 0.717) is 19.3 Å². The van der Waals surface area contributed by atoms with Gasteiger partial charge in [-0.25, -0.2) is 0 Å². The Hall–Kier alpha value is -4.19. The van der Waals surface area contributed by atoms with Crippen molar-refractivity contribution in [3.05, 3.63) is 122 Å². The molecule has 80 heavy (non-hydrogen) atoms. The largest absolute Gasteiger partial charge is 0.462 e. The summed E-state index contributed by atoms with van der Waals surface area (Å²) in [7, 11) is 0. The summed E-state index contributed by atoms with van der Waals surface area (Å²) >= 11 is 0. The van der Waals surface area contributed by atoms with E-state index >= 15 is 0 Å². The van der Waals surface area contributed by atoms with Gasteiger partial charge in [0, 0.05) is 19.3 Å². The molecule has 0 spiro atoms. The zero-order valence-corrected chi connectivity index (χ0v) is 52.3. The molecule has 0 bridgehead atoms. The fourth-order valence-electron chi connectivity index (χ4n) is 9.20. The highest BCUT2D eigenvalue weighted by Gasteiger charge is 2.19. The number of allylic oxidation sites excluding steroid dienone is 20. The van der Waals surface area contributed by atoms with E-state index in [1.807, 2.05) is 0 Å². The second-order valence-corrected chi connectivity index (χ2v) is 22.0. The van der Waals surface area contributed by atoms with Crippen LogP contribution >= 0.6 is 0 Å². The standard InChI is InChI=1S/C74H124O6/c1-4-7-10-13-16-19-21-23-25-27-29-31-33-34-35-36-37-38-39-40-42-43-45-47-49-51-53-55-58-61-64-67-73(76)79-70-71(69-78-72(75)66-63-60-57-18-15-12-9-6-3)80-74(77)68-65-62-59-56-54-52-50-48-46-44-41-32-30-28-26-24-22-20-17-14-11-8-5-2/h7,10,16,19,22-25,28-31,34-35,37-38,40-42,44,71H,4-6,8-9,11-15,17-18,20-21,26-27,32-33,36,39,43,45-70H2,1-3H3/b10-7-,19-16-,24-22-,25-23-,30-28-,31-29-,35-34-,38-37-,42-40-,44-41-. The molecule has 0 heterocycles. The summed E-state index contributed by atoms with van der Waals surface area (Å²) in [6.45, 7) is 6.49. The van der Waals surface area contributed by atoms with Gasteiger partial charge in [0.2, 0.25) is 0 Å². The predicted octanol–water partition coefficient (Wildman–Crippen LogP) is 23.2. The lowest BCUT2D eigenvalue weighted by Crippen LogP contribution is -2.30. The van der Waals surface area contributed by atoms with E-state index in [-0.39, 0.29) is 31.1 Å². The molecule has 0 fully saturated rings. The van der Waals surface area contributed by atoms with Crippen molar-refractivity contribution in [1.82, 2.24) is 0 Å². The number of unbranched alkanes of at least 4 members (excludes halogenated alkanes) is 29. The summed E-state index contributed by atoms with van der Waals surface area (Å²) < 4.78 is 16.9. The third-order valence-corrected chi connectivity index (χ3v) is 14.2. The van der Waals surface area contributed by atoms with Crippen LogP contribution in [0.15, 0.2) is 122 Å². The molecule has 0 amide bonds. The Labute approximate surface area is 494 Å². The number of ether oxygens (including phenoxy) is 3. The third kappa shape index (κ3) is 64.6. The van der Waals surface area contributed by atoms with E-state index in [1.165, 1.54) is 141 Å². The van der Waals surface area contributed by atoms with Gasteiger partial charge in [0.25, 0.3) is 0 Å². The lowest BCUT2D eigenvalue weighted by atomic mass is 10.1.